The number of hydrogen-bond acceptors (Lipinski definition) is 6. The van der Waals surface area contributed by atoms with E-state index in [-0.39, 0.29) is 18.4 Å². The first-order chi connectivity index (χ1) is 19.0. The summed E-state index contributed by atoms with van der Waals surface area (Å²) in [6.07, 6.45) is 5.19. The average molecular weight is 545 g/mol. The summed E-state index contributed by atoms with van der Waals surface area (Å²) in [7, 11) is 0. The van der Waals surface area contributed by atoms with Crippen molar-refractivity contribution in [3.63, 3.8) is 0 Å². The molecule has 9 heteroatoms. The lowest BCUT2D eigenvalue weighted by Gasteiger charge is -2.45. The van der Waals surface area contributed by atoms with Crippen LogP contribution in [0.15, 0.2) is 67.0 Å². The summed E-state index contributed by atoms with van der Waals surface area (Å²) in [6, 6.07) is 16.9. The first kappa shape index (κ1) is 25.6. The van der Waals surface area contributed by atoms with Crippen LogP contribution in [0, 0.1) is 0 Å². The lowest BCUT2D eigenvalue weighted by molar-refractivity contribution is -0.300. The van der Waals surface area contributed by atoms with Crippen molar-refractivity contribution in [3.8, 4) is 0 Å². The molecule has 0 atom stereocenters. The molecule has 0 radical (unpaired) electrons. The summed E-state index contributed by atoms with van der Waals surface area (Å²) in [5.74, 6) is -0.463. The molecule has 1 saturated heterocycles. The van der Waals surface area contributed by atoms with E-state index in [1.54, 1.807) is 24.3 Å². The van der Waals surface area contributed by atoms with Gasteiger partial charge < -0.3 is 9.88 Å². The van der Waals surface area contributed by atoms with Crippen molar-refractivity contribution in [2.75, 3.05) is 31.1 Å². The lowest BCUT2D eigenvalue weighted by Crippen LogP contribution is -2.50. The SMILES string of the molecule is CCOOCc1cnc2[nH]ccc2c1N1CCC(CN2C(=O)c3ccccc3C2=O)(c2ccc(Cl)cc2)CC1. The van der Waals surface area contributed by atoms with Crippen molar-refractivity contribution in [2.45, 2.75) is 31.8 Å². The highest BCUT2D eigenvalue weighted by atomic mass is 35.5. The van der Waals surface area contributed by atoms with Crippen molar-refractivity contribution in [2.24, 2.45) is 0 Å². The number of aromatic nitrogens is 2. The molecule has 1 fully saturated rings. The Kier molecular flexibility index (Phi) is 6.85. The average Bonchev–Trinajstić information content (AvgIpc) is 3.53. The number of carbonyl (C=O) groups excluding carboxylic acids is 2. The van der Waals surface area contributed by atoms with Crippen molar-refractivity contribution in [3.05, 3.63) is 94.3 Å². The van der Waals surface area contributed by atoms with Gasteiger partial charge in [-0.3, -0.25) is 14.5 Å². The predicted octanol–water partition coefficient (Wildman–Crippen LogP) is 5.52. The highest BCUT2D eigenvalue weighted by Gasteiger charge is 2.44. The number of nitrogens with one attached hydrogen (secondary N) is 1. The molecule has 1 N–H and O–H groups in total. The van der Waals surface area contributed by atoms with Crippen LogP contribution in [-0.4, -0.2) is 52.9 Å². The van der Waals surface area contributed by atoms with Gasteiger partial charge in [-0.25, -0.2) is 14.8 Å². The predicted molar refractivity (Wildman–Crippen MR) is 149 cm³/mol. The van der Waals surface area contributed by atoms with Crippen LogP contribution in [0.3, 0.4) is 0 Å². The van der Waals surface area contributed by atoms with Gasteiger partial charge in [0.25, 0.3) is 11.8 Å². The number of benzene rings is 2. The molecule has 2 aromatic carbocycles. The third-order valence-corrected chi connectivity index (χ3v) is 8.13. The van der Waals surface area contributed by atoms with E-state index >= 15 is 0 Å². The Hall–Kier alpha value is -3.72. The number of fused-ring (bicyclic) bond motifs is 2. The number of halogens is 1. The largest absolute Gasteiger partial charge is 0.371 e. The summed E-state index contributed by atoms with van der Waals surface area (Å²) < 4.78 is 0. The smallest absolute Gasteiger partial charge is 0.261 e. The molecular formula is C30H29ClN4O4. The highest BCUT2D eigenvalue weighted by molar-refractivity contribution is 6.30. The lowest BCUT2D eigenvalue weighted by atomic mass is 9.72. The number of aromatic amines is 1. The minimum atomic E-state index is -0.416. The molecule has 4 aromatic rings. The third kappa shape index (κ3) is 4.58. The van der Waals surface area contributed by atoms with E-state index in [1.165, 1.54) is 4.90 Å². The Bertz CT molecular complexity index is 1490. The molecule has 8 nitrogen and oxygen atoms in total. The van der Waals surface area contributed by atoms with Gasteiger partial charge in [0.15, 0.2) is 0 Å². The maximum atomic E-state index is 13.3. The monoisotopic (exact) mass is 544 g/mol. The van der Waals surface area contributed by atoms with E-state index in [9.17, 15) is 9.59 Å². The molecule has 0 spiro atoms. The van der Waals surface area contributed by atoms with Crippen molar-refractivity contribution in [1.82, 2.24) is 14.9 Å². The maximum absolute atomic E-state index is 13.3. The van der Waals surface area contributed by atoms with Crippen LogP contribution in [0.4, 0.5) is 5.69 Å². The number of H-pyrrole nitrogens is 1. The number of anilines is 1. The minimum Gasteiger partial charge on any atom is -0.371 e. The number of amides is 2. The number of imide groups is 1. The Morgan fingerprint density at radius 1 is 0.974 bits per heavy atom. The van der Waals surface area contributed by atoms with Gasteiger partial charge in [0.2, 0.25) is 0 Å². The normalized spacial score (nSPS) is 16.8. The number of nitrogens with zero attached hydrogens (tertiary/aromatic N) is 3. The van der Waals surface area contributed by atoms with Gasteiger partial charge >= 0.3 is 0 Å². The van der Waals surface area contributed by atoms with Crippen LogP contribution in [0.5, 0.6) is 0 Å². The quantitative estimate of drug-likeness (QED) is 0.136. The second-order valence-corrected chi connectivity index (χ2v) is 10.5. The second-order valence-electron chi connectivity index (χ2n) is 10.1. The van der Waals surface area contributed by atoms with E-state index in [1.807, 2.05) is 49.6 Å². The maximum Gasteiger partial charge on any atom is 0.261 e. The molecule has 2 amide bonds. The molecule has 39 heavy (non-hydrogen) atoms. The molecule has 0 saturated carbocycles. The first-order valence-electron chi connectivity index (χ1n) is 13.2. The molecule has 2 aromatic heterocycles. The highest BCUT2D eigenvalue weighted by Crippen LogP contribution is 2.41. The molecule has 0 unspecified atom stereocenters. The van der Waals surface area contributed by atoms with Gasteiger partial charge in [-0.2, -0.15) is 0 Å². The van der Waals surface area contributed by atoms with Crippen LogP contribution in [0.25, 0.3) is 11.0 Å². The first-order valence-corrected chi connectivity index (χ1v) is 13.5. The van der Waals surface area contributed by atoms with Gasteiger partial charge in [-0.05, 0) is 55.7 Å². The van der Waals surface area contributed by atoms with Crippen LogP contribution >= 0.6 is 11.6 Å². The fourth-order valence-electron chi connectivity index (χ4n) is 5.89. The zero-order valence-corrected chi connectivity index (χ0v) is 22.4. The van der Waals surface area contributed by atoms with Crippen molar-refractivity contribution >= 4 is 40.1 Å². The minimum absolute atomic E-state index is 0.232. The molecule has 0 aliphatic carbocycles. The van der Waals surface area contributed by atoms with Gasteiger partial charge in [0.1, 0.15) is 12.3 Å². The molecule has 2 aliphatic heterocycles. The number of rotatable bonds is 8. The van der Waals surface area contributed by atoms with Crippen LogP contribution in [0.2, 0.25) is 5.02 Å². The van der Waals surface area contributed by atoms with Crippen molar-refractivity contribution < 1.29 is 19.4 Å². The van der Waals surface area contributed by atoms with Gasteiger partial charge in [-0.1, -0.05) is 35.9 Å². The summed E-state index contributed by atoms with van der Waals surface area (Å²) in [4.78, 5) is 48.7. The van der Waals surface area contributed by atoms with E-state index < -0.39 is 5.41 Å². The fourth-order valence-corrected chi connectivity index (χ4v) is 6.01. The van der Waals surface area contributed by atoms with E-state index in [0.29, 0.717) is 29.3 Å². The summed E-state index contributed by atoms with van der Waals surface area (Å²) in [5.41, 5.74) is 4.41. The molecule has 6 rings (SSSR count). The topological polar surface area (TPSA) is 87.8 Å². The van der Waals surface area contributed by atoms with Crippen LogP contribution < -0.4 is 4.90 Å². The Morgan fingerprint density at radius 3 is 2.33 bits per heavy atom. The molecule has 4 heterocycles. The second kappa shape index (κ2) is 10.4. The van der Waals surface area contributed by atoms with E-state index in [0.717, 1.165) is 53.8 Å². The zero-order valence-electron chi connectivity index (χ0n) is 21.7. The Morgan fingerprint density at radius 2 is 1.67 bits per heavy atom. The standard InChI is InChI=1S/C30H29ClN4O4/c1-2-38-39-18-20-17-33-27-25(11-14-32-27)26(20)34-15-12-30(13-16-34,21-7-9-22(31)10-8-21)19-35-28(36)23-5-3-4-6-24(23)29(35)37/h3-11,14,17H,2,12-13,15-16,18-19H2,1H3,(H,32,33). The summed E-state index contributed by atoms with van der Waals surface area (Å²) in [5, 5.41) is 1.67. The van der Waals surface area contributed by atoms with Gasteiger partial charge in [-0.15, -0.1) is 0 Å². The summed E-state index contributed by atoms with van der Waals surface area (Å²) in [6.45, 7) is 4.37. The molecule has 0 bridgehead atoms. The van der Waals surface area contributed by atoms with Crippen molar-refractivity contribution in [1.29, 1.82) is 0 Å². The summed E-state index contributed by atoms with van der Waals surface area (Å²) >= 11 is 6.23. The number of carbonyl (C=O) groups is 2. The Balaban J connectivity index is 1.32. The zero-order chi connectivity index (χ0) is 27.0. The van der Waals surface area contributed by atoms with Gasteiger partial charge in [0.05, 0.1) is 23.4 Å². The number of hydrogen-bond donors (Lipinski definition) is 1. The van der Waals surface area contributed by atoms with Gasteiger partial charge in [0, 0.05) is 53.4 Å². The molecule has 200 valence electrons. The third-order valence-electron chi connectivity index (χ3n) is 7.88. The number of piperidine rings is 1. The fraction of sp³-hybridized carbons (Fsp3) is 0.300. The Labute approximate surface area is 231 Å². The van der Waals surface area contributed by atoms with Crippen LogP contribution in [-0.2, 0) is 21.8 Å². The number of pyridine rings is 1. The molecular weight excluding hydrogens is 516 g/mol. The molecule has 2 aliphatic rings. The van der Waals surface area contributed by atoms with E-state index in [2.05, 4.69) is 14.9 Å². The van der Waals surface area contributed by atoms with Crippen LogP contribution in [0.1, 0.15) is 51.6 Å². The van der Waals surface area contributed by atoms with E-state index in [4.69, 9.17) is 21.4 Å².